The Morgan fingerprint density at radius 1 is 1.25 bits per heavy atom. The maximum absolute atomic E-state index is 12.7. The average Bonchev–Trinajstić information content (AvgIpc) is 2.24. The van der Waals surface area contributed by atoms with Gasteiger partial charge < -0.3 is 11.1 Å². The zero-order chi connectivity index (χ0) is 15.8. The number of hydrogen-bond acceptors (Lipinski definition) is 4. The molecule has 114 valence electrons. The number of nitrogen functional groups attached to an aromatic ring is 1. The topological polar surface area (TPSA) is 72.2 Å². The predicted octanol–water partition coefficient (Wildman–Crippen LogP) is 2.52. The third-order valence-electron chi connectivity index (χ3n) is 3.08. The van der Waals surface area contributed by atoms with Gasteiger partial charge in [-0.05, 0) is 32.0 Å². The molecule has 0 aromatic heterocycles. The van der Waals surface area contributed by atoms with Crippen LogP contribution in [-0.4, -0.2) is 26.0 Å². The van der Waals surface area contributed by atoms with Crippen molar-refractivity contribution >= 4 is 21.2 Å². The van der Waals surface area contributed by atoms with Crippen LogP contribution in [0.4, 0.5) is 24.5 Å². The van der Waals surface area contributed by atoms with Crippen LogP contribution in [0.5, 0.6) is 0 Å². The van der Waals surface area contributed by atoms with E-state index in [1.165, 1.54) is 19.9 Å². The number of benzene rings is 1. The maximum atomic E-state index is 12.7. The molecule has 0 saturated carbocycles. The fraction of sp³-hybridized carbons (Fsp3) is 0.500. The number of hydrogen-bond donors (Lipinski definition) is 2. The van der Waals surface area contributed by atoms with Gasteiger partial charge in [0.05, 0.1) is 10.3 Å². The van der Waals surface area contributed by atoms with E-state index in [9.17, 15) is 21.6 Å². The molecule has 1 rings (SSSR count). The second-order valence-corrected chi connectivity index (χ2v) is 7.83. The fourth-order valence-corrected chi connectivity index (χ4v) is 1.69. The molecule has 8 heteroatoms. The Hall–Kier alpha value is -1.44. The van der Waals surface area contributed by atoms with Crippen molar-refractivity contribution in [3.63, 3.8) is 0 Å². The molecule has 1 aromatic rings. The van der Waals surface area contributed by atoms with Crippen LogP contribution in [0.1, 0.15) is 19.4 Å². The molecule has 0 heterocycles. The van der Waals surface area contributed by atoms with E-state index in [0.29, 0.717) is 0 Å². The maximum Gasteiger partial charge on any atom is 0.418 e. The summed E-state index contributed by atoms with van der Waals surface area (Å²) in [4.78, 5) is 0. The van der Waals surface area contributed by atoms with Gasteiger partial charge in [-0.1, -0.05) is 0 Å². The lowest BCUT2D eigenvalue weighted by Gasteiger charge is -2.23. The van der Waals surface area contributed by atoms with E-state index in [0.717, 1.165) is 18.4 Å². The first-order valence-electron chi connectivity index (χ1n) is 5.75. The normalized spacial score (nSPS) is 13.3. The van der Waals surface area contributed by atoms with Crippen molar-refractivity contribution in [2.75, 3.05) is 23.9 Å². The van der Waals surface area contributed by atoms with Gasteiger partial charge in [0.2, 0.25) is 0 Å². The number of nitrogens with two attached hydrogens (primary N) is 1. The minimum Gasteiger partial charge on any atom is -0.398 e. The Kier molecular flexibility index (Phi) is 4.28. The highest BCUT2D eigenvalue weighted by Crippen LogP contribution is 2.35. The molecule has 1 aromatic carbocycles. The Balaban J connectivity index is 2.96. The minimum absolute atomic E-state index is 0.00690. The van der Waals surface area contributed by atoms with Crippen LogP contribution in [0.25, 0.3) is 0 Å². The van der Waals surface area contributed by atoms with E-state index < -0.39 is 26.3 Å². The van der Waals surface area contributed by atoms with Crippen molar-refractivity contribution in [3.8, 4) is 0 Å². The van der Waals surface area contributed by atoms with Crippen LogP contribution in [-0.2, 0) is 16.0 Å². The molecule has 0 radical (unpaired) electrons. The second-order valence-electron chi connectivity index (χ2n) is 5.19. The van der Waals surface area contributed by atoms with E-state index in [1.54, 1.807) is 0 Å². The first-order chi connectivity index (χ1) is 8.84. The summed E-state index contributed by atoms with van der Waals surface area (Å²) in [5, 5.41) is 2.70. The van der Waals surface area contributed by atoms with E-state index in [1.807, 2.05) is 0 Å². The van der Waals surface area contributed by atoms with E-state index >= 15 is 0 Å². The van der Waals surface area contributed by atoms with Gasteiger partial charge in [0.25, 0.3) is 0 Å². The first kappa shape index (κ1) is 16.6. The highest BCUT2D eigenvalue weighted by molar-refractivity contribution is 7.92. The predicted molar refractivity (Wildman–Crippen MR) is 73.3 cm³/mol. The summed E-state index contributed by atoms with van der Waals surface area (Å²) in [7, 11) is -3.33. The zero-order valence-corrected chi connectivity index (χ0v) is 12.2. The van der Waals surface area contributed by atoms with Gasteiger partial charge in [0, 0.05) is 24.2 Å². The molecule has 3 N–H and O–H groups in total. The van der Waals surface area contributed by atoms with Gasteiger partial charge in [0.1, 0.15) is 0 Å². The molecule has 20 heavy (non-hydrogen) atoms. The summed E-state index contributed by atoms with van der Waals surface area (Å²) >= 11 is 0. The summed E-state index contributed by atoms with van der Waals surface area (Å²) in [6.07, 6.45) is -3.47. The summed E-state index contributed by atoms with van der Waals surface area (Å²) in [5.41, 5.74) is 4.14. The van der Waals surface area contributed by atoms with Crippen molar-refractivity contribution < 1.29 is 21.6 Å². The monoisotopic (exact) mass is 310 g/mol. The Morgan fingerprint density at radius 3 is 2.25 bits per heavy atom. The van der Waals surface area contributed by atoms with Crippen LogP contribution < -0.4 is 11.1 Å². The Labute approximate surface area is 116 Å². The van der Waals surface area contributed by atoms with Crippen molar-refractivity contribution in [1.29, 1.82) is 0 Å². The van der Waals surface area contributed by atoms with Gasteiger partial charge in [-0.25, -0.2) is 8.42 Å². The molecule has 0 saturated heterocycles. The molecule has 0 atom stereocenters. The van der Waals surface area contributed by atoms with Crippen molar-refractivity contribution in [3.05, 3.63) is 23.8 Å². The largest absolute Gasteiger partial charge is 0.418 e. The van der Waals surface area contributed by atoms with Crippen LogP contribution in [0, 0.1) is 0 Å². The molecule has 0 spiro atoms. The molecular formula is C12H17F3N2O2S. The summed E-state index contributed by atoms with van der Waals surface area (Å²) in [6, 6.07) is 3.38. The van der Waals surface area contributed by atoms with Gasteiger partial charge >= 0.3 is 6.18 Å². The quantitative estimate of drug-likeness (QED) is 0.838. The molecule has 0 aliphatic rings. The molecule has 0 aliphatic heterocycles. The lowest BCUT2D eigenvalue weighted by Crippen LogP contribution is -2.38. The SMILES string of the molecule is CC(C)(CNc1ccc(N)c(C(F)(F)F)c1)S(C)(=O)=O. The van der Waals surface area contributed by atoms with Crippen molar-refractivity contribution in [2.45, 2.75) is 24.8 Å². The second kappa shape index (κ2) is 5.16. The Bertz CT molecular complexity index is 595. The van der Waals surface area contributed by atoms with Crippen LogP contribution in [0.15, 0.2) is 18.2 Å². The molecule has 0 aliphatic carbocycles. The third-order valence-corrected chi connectivity index (χ3v) is 5.23. The fourth-order valence-electron chi connectivity index (χ4n) is 1.36. The molecule has 0 fully saturated rings. The molecular weight excluding hydrogens is 293 g/mol. The summed E-state index contributed by atoms with van der Waals surface area (Å²) in [5.74, 6) is 0. The molecule has 4 nitrogen and oxygen atoms in total. The van der Waals surface area contributed by atoms with E-state index in [2.05, 4.69) is 5.32 Å². The van der Waals surface area contributed by atoms with Crippen molar-refractivity contribution in [2.24, 2.45) is 0 Å². The molecule has 0 unspecified atom stereocenters. The summed E-state index contributed by atoms with van der Waals surface area (Å²) < 4.78 is 60.0. The van der Waals surface area contributed by atoms with E-state index in [4.69, 9.17) is 5.73 Å². The highest BCUT2D eigenvalue weighted by Gasteiger charge is 2.34. The number of rotatable bonds is 4. The van der Waals surface area contributed by atoms with Crippen LogP contribution in [0.2, 0.25) is 0 Å². The van der Waals surface area contributed by atoms with Gasteiger partial charge in [0.15, 0.2) is 9.84 Å². The highest BCUT2D eigenvalue weighted by atomic mass is 32.2. The summed E-state index contributed by atoms with van der Waals surface area (Å²) in [6.45, 7) is 2.99. The number of nitrogens with one attached hydrogen (secondary N) is 1. The standard InChI is InChI=1S/C12H17F3N2O2S/c1-11(2,20(3,18)19)7-17-8-4-5-10(16)9(6-8)12(13,14)15/h4-6,17H,7,16H2,1-3H3. The van der Waals surface area contributed by atoms with Crippen molar-refractivity contribution in [1.82, 2.24) is 0 Å². The number of halogens is 3. The van der Waals surface area contributed by atoms with Crippen LogP contribution >= 0.6 is 0 Å². The van der Waals surface area contributed by atoms with Gasteiger partial charge in [-0.15, -0.1) is 0 Å². The smallest absolute Gasteiger partial charge is 0.398 e. The Morgan fingerprint density at radius 2 is 1.80 bits per heavy atom. The molecule has 0 amide bonds. The molecule has 0 bridgehead atoms. The minimum atomic E-state index is -4.55. The number of alkyl halides is 3. The first-order valence-corrected chi connectivity index (χ1v) is 7.64. The van der Waals surface area contributed by atoms with Gasteiger partial charge in [-0.2, -0.15) is 13.2 Å². The third kappa shape index (κ3) is 3.78. The lowest BCUT2D eigenvalue weighted by atomic mass is 10.1. The van der Waals surface area contributed by atoms with Crippen LogP contribution in [0.3, 0.4) is 0 Å². The number of sulfone groups is 1. The van der Waals surface area contributed by atoms with E-state index in [-0.39, 0.29) is 17.9 Å². The van der Waals surface area contributed by atoms with Gasteiger partial charge in [-0.3, -0.25) is 0 Å². The lowest BCUT2D eigenvalue weighted by molar-refractivity contribution is -0.136. The average molecular weight is 310 g/mol. The number of anilines is 2. The zero-order valence-electron chi connectivity index (χ0n) is 11.4.